The maximum atomic E-state index is 13.1. The summed E-state index contributed by atoms with van der Waals surface area (Å²) < 4.78 is 16.8. The molecular formula is C17H18FN5O3. The van der Waals surface area contributed by atoms with Gasteiger partial charge in [0.15, 0.2) is 5.52 Å². The van der Waals surface area contributed by atoms with Crippen molar-refractivity contribution in [2.45, 2.75) is 33.5 Å². The normalized spacial score (nSPS) is 11.2. The summed E-state index contributed by atoms with van der Waals surface area (Å²) in [7, 11) is 0. The number of hydrogen-bond donors (Lipinski definition) is 1. The van der Waals surface area contributed by atoms with Gasteiger partial charge in [-0.1, -0.05) is 12.1 Å². The van der Waals surface area contributed by atoms with Gasteiger partial charge in [-0.05, 0) is 31.5 Å². The van der Waals surface area contributed by atoms with Crippen molar-refractivity contribution >= 4 is 16.9 Å². The minimum atomic E-state index is -0.705. The summed E-state index contributed by atoms with van der Waals surface area (Å²) in [5, 5.41) is 4.28. The molecule has 2 heterocycles. The number of primary amides is 1. The molecule has 1 aromatic carbocycles. The summed E-state index contributed by atoms with van der Waals surface area (Å²) in [6.45, 7) is 3.48. The fraction of sp³-hybridized carbons (Fsp3) is 0.294. The van der Waals surface area contributed by atoms with Crippen LogP contribution in [-0.4, -0.2) is 24.8 Å². The molecule has 0 aliphatic carbocycles. The third kappa shape index (κ3) is 2.92. The van der Waals surface area contributed by atoms with E-state index in [1.807, 2.05) is 6.92 Å². The molecule has 0 spiro atoms. The van der Waals surface area contributed by atoms with Crippen molar-refractivity contribution in [1.82, 2.24) is 18.9 Å². The maximum Gasteiger partial charge on any atom is 0.332 e. The molecule has 0 saturated carbocycles. The Morgan fingerprint density at radius 2 is 1.81 bits per heavy atom. The molecule has 0 fully saturated rings. The number of rotatable bonds is 5. The van der Waals surface area contributed by atoms with Crippen LogP contribution in [0.25, 0.3) is 11.0 Å². The zero-order valence-electron chi connectivity index (χ0n) is 14.4. The van der Waals surface area contributed by atoms with Crippen molar-refractivity contribution in [3.8, 4) is 0 Å². The number of fused-ring (bicyclic) bond motifs is 1. The molecule has 26 heavy (non-hydrogen) atoms. The first-order valence-electron chi connectivity index (χ1n) is 8.07. The largest absolute Gasteiger partial charge is 0.368 e. The molecule has 0 aliphatic heterocycles. The molecule has 2 aromatic heterocycles. The highest BCUT2D eigenvalue weighted by molar-refractivity contribution is 5.80. The summed E-state index contributed by atoms with van der Waals surface area (Å²) in [6.07, 6.45) is 0. The summed E-state index contributed by atoms with van der Waals surface area (Å²) in [5.74, 6) is -1.12. The lowest BCUT2D eigenvalue weighted by molar-refractivity contribution is -0.118. The molecule has 0 radical (unpaired) electrons. The van der Waals surface area contributed by atoms with Crippen LogP contribution in [0.3, 0.4) is 0 Å². The molecule has 8 nitrogen and oxygen atoms in total. The Kier molecular flexibility index (Phi) is 4.45. The number of hydrogen-bond acceptors (Lipinski definition) is 4. The van der Waals surface area contributed by atoms with Gasteiger partial charge in [-0.25, -0.2) is 9.18 Å². The van der Waals surface area contributed by atoms with E-state index in [1.165, 1.54) is 28.9 Å². The maximum absolute atomic E-state index is 13.1. The number of carbonyl (C=O) groups excluding carboxylic acids is 1. The second-order valence-corrected chi connectivity index (χ2v) is 5.95. The van der Waals surface area contributed by atoms with E-state index in [1.54, 1.807) is 6.92 Å². The van der Waals surface area contributed by atoms with Gasteiger partial charge in [0.05, 0.1) is 12.2 Å². The van der Waals surface area contributed by atoms with Gasteiger partial charge in [0.1, 0.15) is 17.9 Å². The van der Waals surface area contributed by atoms with Gasteiger partial charge < -0.3 is 5.73 Å². The van der Waals surface area contributed by atoms with Crippen LogP contribution in [0.5, 0.6) is 0 Å². The Morgan fingerprint density at radius 1 is 1.15 bits per heavy atom. The first-order valence-corrected chi connectivity index (χ1v) is 8.07. The van der Waals surface area contributed by atoms with Crippen molar-refractivity contribution in [3.63, 3.8) is 0 Å². The molecule has 2 N–H and O–H groups in total. The highest BCUT2D eigenvalue weighted by atomic mass is 19.1. The minimum Gasteiger partial charge on any atom is -0.368 e. The summed E-state index contributed by atoms with van der Waals surface area (Å²) in [4.78, 5) is 37.3. The van der Waals surface area contributed by atoms with Crippen LogP contribution in [0.2, 0.25) is 0 Å². The first-order chi connectivity index (χ1) is 12.3. The molecule has 3 rings (SSSR count). The van der Waals surface area contributed by atoms with Crippen LogP contribution in [0.1, 0.15) is 18.2 Å². The third-order valence-corrected chi connectivity index (χ3v) is 4.14. The van der Waals surface area contributed by atoms with Crippen LogP contribution in [0.15, 0.2) is 33.9 Å². The van der Waals surface area contributed by atoms with E-state index >= 15 is 0 Å². The summed E-state index contributed by atoms with van der Waals surface area (Å²) in [5.41, 5.74) is 5.67. The monoisotopic (exact) mass is 359 g/mol. The molecule has 0 aliphatic rings. The van der Waals surface area contributed by atoms with Crippen LogP contribution < -0.4 is 17.0 Å². The van der Waals surface area contributed by atoms with E-state index in [4.69, 9.17) is 5.73 Å². The van der Waals surface area contributed by atoms with Gasteiger partial charge in [-0.2, -0.15) is 5.10 Å². The lowest BCUT2D eigenvalue weighted by atomic mass is 10.2. The first kappa shape index (κ1) is 17.6. The van der Waals surface area contributed by atoms with Gasteiger partial charge in [-0.3, -0.25) is 23.4 Å². The predicted octanol–water partition coefficient (Wildman–Crippen LogP) is 0.361. The van der Waals surface area contributed by atoms with E-state index in [0.717, 1.165) is 9.13 Å². The van der Waals surface area contributed by atoms with Gasteiger partial charge in [0.25, 0.3) is 5.56 Å². The van der Waals surface area contributed by atoms with Crippen LogP contribution in [-0.2, 0) is 24.4 Å². The number of aromatic nitrogens is 4. The average molecular weight is 359 g/mol. The summed E-state index contributed by atoms with van der Waals surface area (Å²) in [6, 6.07) is 5.49. The Morgan fingerprint density at radius 3 is 2.38 bits per heavy atom. The molecule has 0 saturated heterocycles. The summed E-state index contributed by atoms with van der Waals surface area (Å²) >= 11 is 0. The molecule has 9 heteroatoms. The van der Waals surface area contributed by atoms with Crippen LogP contribution in [0, 0.1) is 12.7 Å². The van der Waals surface area contributed by atoms with E-state index in [2.05, 4.69) is 5.10 Å². The fourth-order valence-corrected chi connectivity index (χ4v) is 3.01. The quantitative estimate of drug-likeness (QED) is 0.710. The number of nitrogens with zero attached hydrogens (tertiary/aromatic N) is 4. The van der Waals surface area contributed by atoms with Crippen LogP contribution >= 0.6 is 0 Å². The standard InChI is InChI=1S/C17H18FN5O3/c1-3-23-15-14(10(2)20-23)21(9-13(19)24)17(26)22(16(15)25)8-11-4-6-12(18)7-5-11/h4-7H,3,8-9H2,1-2H3,(H2,19,24). The number of nitrogens with two attached hydrogens (primary N) is 1. The van der Waals surface area contributed by atoms with Gasteiger partial charge in [0, 0.05) is 6.54 Å². The van der Waals surface area contributed by atoms with Crippen molar-refractivity contribution < 1.29 is 9.18 Å². The van der Waals surface area contributed by atoms with E-state index in [-0.39, 0.29) is 18.6 Å². The number of halogens is 1. The molecular weight excluding hydrogens is 341 g/mol. The fourth-order valence-electron chi connectivity index (χ4n) is 3.01. The SMILES string of the molecule is CCn1nc(C)c2c1c(=O)n(Cc1ccc(F)cc1)c(=O)n2CC(N)=O. The smallest absolute Gasteiger partial charge is 0.332 e. The Bertz CT molecular complexity index is 1110. The highest BCUT2D eigenvalue weighted by Gasteiger charge is 2.21. The Balaban J connectivity index is 2.32. The van der Waals surface area contributed by atoms with E-state index < -0.39 is 23.0 Å². The third-order valence-electron chi connectivity index (χ3n) is 4.14. The van der Waals surface area contributed by atoms with Crippen molar-refractivity contribution in [1.29, 1.82) is 0 Å². The van der Waals surface area contributed by atoms with Gasteiger partial charge in [-0.15, -0.1) is 0 Å². The Labute approximate surface area is 147 Å². The molecule has 0 bridgehead atoms. The average Bonchev–Trinajstić information content (AvgIpc) is 2.93. The highest BCUT2D eigenvalue weighted by Crippen LogP contribution is 2.14. The second kappa shape index (κ2) is 6.58. The number of benzene rings is 1. The minimum absolute atomic E-state index is 0.0550. The number of amides is 1. The number of aryl methyl sites for hydroxylation is 2. The molecule has 1 amide bonds. The van der Waals surface area contributed by atoms with E-state index in [9.17, 15) is 18.8 Å². The van der Waals surface area contributed by atoms with E-state index in [0.29, 0.717) is 23.3 Å². The zero-order valence-corrected chi connectivity index (χ0v) is 14.4. The lowest BCUT2D eigenvalue weighted by Crippen LogP contribution is -2.42. The molecule has 0 atom stereocenters. The zero-order chi connectivity index (χ0) is 19.0. The molecule has 136 valence electrons. The Hall–Kier alpha value is -3.23. The van der Waals surface area contributed by atoms with Crippen molar-refractivity contribution in [2.24, 2.45) is 5.73 Å². The topological polar surface area (TPSA) is 105 Å². The predicted molar refractivity (Wildman–Crippen MR) is 93.4 cm³/mol. The van der Waals surface area contributed by atoms with Crippen molar-refractivity contribution in [3.05, 3.63) is 62.2 Å². The van der Waals surface area contributed by atoms with Gasteiger partial charge in [0.2, 0.25) is 5.91 Å². The second-order valence-electron chi connectivity index (χ2n) is 5.95. The van der Waals surface area contributed by atoms with Gasteiger partial charge >= 0.3 is 5.69 Å². The number of carbonyl (C=O) groups is 1. The molecule has 0 unspecified atom stereocenters. The molecule has 3 aromatic rings. The van der Waals surface area contributed by atoms with Crippen molar-refractivity contribution in [2.75, 3.05) is 0 Å². The lowest BCUT2D eigenvalue weighted by Gasteiger charge is -2.12. The van der Waals surface area contributed by atoms with Crippen LogP contribution in [0.4, 0.5) is 4.39 Å².